The minimum absolute atomic E-state index is 0.0902. The number of anilines is 1. The fourth-order valence-electron chi connectivity index (χ4n) is 2.66. The summed E-state index contributed by atoms with van der Waals surface area (Å²) in [4.78, 5) is 14.2. The zero-order valence-electron chi connectivity index (χ0n) is 11.8. The quantitative estimate of drug-likeness (QED) is 0.655. The van der Waals surface area contributed by atoms with E-state index in [9.17, 15) is 4.79 Å². The molecule has 118 valence electrons. The van der Waals surface area contributed by atoms with Gasteiger partial charge in [0.2, 0.25) is 12.7 Å². The normalized spacial score (nSPS) is 19.5. The summed E-state index contributed by atoms with van der Waals surface area (Å²) in [6, 6.07) is 11.6. The van der Waals surface area contributed by atoms with E-state index in [2.05, 4.69) is 31.9 Å². The number of carbonyl (C=O) groups is 1. The molecule has 0 radical (unpaired) electrons. The van der Waals surface area contributed by atoms with Gasteiger partial charge in [0.1, 0.15) is 5.37 Å². The van der Waals surface area contributed by atoms with Gasteiger partial charge in [-0.1, -0.05) is 31.9 Å². The molecule has 1 unspecified atom stereocenters. The molecule has 2 aromatic carbocycles. The predicted octanol–water partition coefficient (Wildman–Crippen LogP) is 4.72. The maximum absolute atomic E-state index is 12.4. The molecule has 0 aliphatic carbocycles. The Balaban J connectivity index is 1.75. The summed E-state index contributed by atoms with van der Waals surface area (Å²) >= 11 is 8.63. The van der Waals surface area contributed by atoms with Crippen molar-refractivity contribution in [1.29, 1.82) is 0 Å². The first-order valence-electron chi connectivity index (χ1n) is 6.92. The summed E-state index contributed by atoms with van der Waals surface area (Å²) in [5.41, 5.74) is 1.89. The average Bonchev–Trinajstić information content (AvgIpc) is 3.13. The van der Waals surface area contributed by atoms with Gasteiger partial charge in [0.25, 0.3) is 0 Å². The molecule has 2 aromatic rings. The molecule has 0 aromatic heterocycles. The van der Waals surface area contributed by atoms with E-state index < -0.39 is 0 Å². The summed E-state index contributed by atoms with van der Waals surface area (Å²) in [7, 11) is 0. The molecule has 0 spiro atoms. The van der Waals surface area contributed by atoms with Crippen molar-refractivity contribution < 1.29 is 14.3 Å². The van der Waals surface area contributed by atoms with Gasteiger partial charge in [-0.05, 0) is 36.4 Å². The van der Waals surface area contributed by atoms with Crippen molar-refractivity contribution in [3.8, 4) is 11.5 Å². The first kappa shape index (κ1) is 15.4. The van der Waals surface area contributed by atoms with Crippen molar-refractivity contribution in [1.82, 2.24) is 0 Å². The molecule has 7 heteroatoms. The summed E-state index contributed by atoms with van der Waals surface area (Å²) in [6.45, 7) is 0.235. The maximum atomic E-state index is 12.4. The van der Waals surface area contributed by atoms with E-state index >= 15 is 0 Å². The topological polar surface area (TPSA) is 38.8 Å². The molecule has 0 N–H and O–H groups in total. The van der Waals surface area contributed by atoms with Gasteiger partial charge in [-0.2, -0.15) is 0 Å². The average molecular weight is 457 g/mol. The summed E-state index contributed by atoms with van der Waals surface area (Å²) in [6.07, 6.45) is 0. The van der Waals surface area contributed by atoms with Gasteiger partial charge in [0.05, 0.1) is 5.75 Å². The third kappa shape index (κ3) is 2.75. The third-order valence-corrected chi connectivity index (χ3v) is 6.14. The lowest BCUT2D eigenvalue weighted by atomic mass is 10.1. The minimum atomic E-state index is -0.0902. The van der Waals surface area contributed by atoms with E-state index in [-0.39, 0.29) is 18.1 Å². The Morgan fingerprint density at radius 3 is 2.52 bits per heavy atom. The van der Waals surface area contributed by atoms with E-state index in [1.54, 1.807) is 11.8 Å². The van der Waals surface area contributed by atoms with Crippen LogP contribution in [0.1, 0.15) is 10.9 Å². The SMILES string of the molecule is O=C1CSC(c2cc3c(cc2Br)OCO3)N1c1ccc(Br)cc1. The second-order valence-electron chi connectivity index (χ2n) is 5.13. The number of amides is 1. The Bertz CT molecular complexity index is 782. The summed E-state index contributed by atoms with van der Waals surface area (Å²) in [5, 5.41) is -0.0902. The molecule has 4 rings (SSSR count). The lowest BCUT2D eigenvalue weighted by Gasteiger charge is -2.25. The number of benzene rings is 2. The molecule has 2 heterocycles. The number of halogens is 2. The lowest BCUT2D eigenvalue weighted by molar-refractivity contribution is -0.115. The number of carbonyl (C=O) groups excluding carboxylic acids is 1. The van der Waals surface area contributed by atoms with E-state index in [4.69, 9.17) is 9.47 Å². The van der Waals surface area contributed by atoms with E-state index in [0.29, 0.717) is 5.75 Å². The monoisotopic (exact) mass is 455 g/mol. The Hall–Kier alpha value is -1.18. The first-order valence-corrected chi connectivity index (χ1v) is 9.55. The maximum Gasteiger partial charge on any atom is 0.238 e. The smallest absolute Gasteiger partial charge is 0.238 e. The van der Waals surface area contributed by atoms with Gasteiger partial charge in [0, 0.05) is 20.2 Å². The van der Waals surface area contributed by atoms with Crippen LogP contribution in [0.25, 0.3) is 0 Å². The second-order valence-corrected chi connectivity index (χ2v) is 7.97. The molecule has 23 heavy (non-hydrogen) atoms. The van der Waals surface area contributed by atoms with Crippen LogP contribution in [0.4, 0.5) is 5.69 Å². The zero-order chi connectivity index (χ0) is 16.0. The van der Waals surface area contributed by atoms with Crippen LogP contribution in [0.3, 0.4) is 0 Å². The number of nitrogens with zero attached hydrogens (tertiary/aromatic N) is 1. The van der Waals surface area contributed by atoms with Crippen LogP contribution in [-0.2, 0) is 4.79 Å². The molecule has 2 aliphatic heterocycles. The number of hydrogen-bond donors (Lipinski definition) is 0. The molecule has 2 aliphatic rings. The second kappa shape index (κ2) is 6.03. The number of fused-ring (bicyclic) bond motifs is 1. The fourth-order valence-corrected chi connectivity index (χ4v) is 4.81. The van der Waals surface area contributed by atoms with Crippen LogP contribution in [0, 0.1) is 0 Å². The van der Waals surface area contributed by atoms with Gasteiger partial charge in [-0.3, -0.25) is 9.69 Å². The highest BCUT2D eigenvalue weighted by atomic mass is 79.9. The predicted molar refractivity (Wildman–Crippen MR) is 97.1 cm³/mol. The van der Waals surface area contributed by atoms with Gasteiger partial charge in [-0.25, -0.2) is 0 Å². The standard InChI is InChI=1S/C16H11Br2NO3S/c17-9-1-3-10(4-2-9)19-15(20)7-23-16(19)11-5-13-14(6-12(11)18)22-8-21-13/h1-6,16H,7-8H2. The number of ether oxygens (including phenoxy) is 2. The van der Waals surface area contributed by atoms with Crippen LogP contribution < -0.4 is 14.4 Å². The van der Waals surface area contributed by atoms with Gasteiger partial charge >= 0.3 is 0 Å². The van der Waals surface area contributed by atoms with Crippen LogP contribution in [0.15, 0.2) is 45.3 Å². The summed E-state index contributed by atoms with van der Waals surface area (Å²) < 4.78 is 12.8. The van der Waals surface area contributed by atoms with Gasteiger partial charge in [-0.15, -0.1) is 11.8 Å². The van der Waals surface area contributed by atoms with Gasteiger partial charge < -0.3 is 9.47 Å². The van der Waals surface area contributed by atoms with Crippen LogP contribution in [0.2, 0.25) is 0 Å². The Morgan fingerprint density at radius 2 is 1.78 bits per heavy atom. The lowest BCUT2D eigenvalue weighted by Crippen LogP contribution is -2.27. The Morgan fingerprint density at radius 1 is 1.09 bits per heavy atom. The van der Waals surface area contributed by atoms with Gasteiger partial charge in [0.15, 0.2) is 11.5 Å². The molecule has 1 atom stereocenters. The van der Waals surface area contributed by atoms with Crippen LogP contribution in [0.5, 0.6) is 11.5 Å². The van der Waals surface area contributed by atoms with Crippen molar-refractivity contribution >= 4 is 55.2 Å². The van der Waals surface area contributed by atoms with E-state index in [1.807, 2.05) is 41.3 Å². The van der Waals surface area contributed by atoms with Crippen LogP contribution >= 0.6 is 43.6 Å². The highest BCUT2D eigenvalue weighted by molar-refractivity contribution is 9.10. The number of rotatable bonds is 2. The third-order valence-electron chi connectivity index (χ3n) is 3.73. The fraction of sp³-hybridized carbons (Fsp3) is 0.188. The van der Waals surface area contributed by atoms with Crippen molar-refractivity contribution in [2.45, 2.75) is 5.37 Å². The molecular weight excluding hydrogens is 446 g/mol. The highest BCUT2D eigenvalue weighted by Crippen LogP contribution is 2.47. The molecule has 0 saturated carbocycles. The molecule has 1 amide bonds. The van der Waals surface area contributed by atoms with Crippen molar-refractivity contribution in [2.75, 3.05) is 17.4 Å². The van der Waals surface area contributed by atoms with Crippen molar-refractivity contribution in [3.05, 3.63) is 50.9 Å². The molecular formula is C16H11Br2NO3S. The largest absolute Gasteiger partial charge is 0.454 e. The van der Waals surface area contributed by atoms with Crippen molar-refractivity contribution in [2.24, 2.45) is 0 Å². The molecule has 0 bridgehead atoms. The Labute approximate surface area is 154 Å². The molecule has 1 fully saturated rings. The molecule has 4 nitrogen and oxygen atoms in total. The number of hydrogen-bond acceptors (Lipinski definition) is 4. The van der Waals surface area contributed by atoms with Crippen LogP contribution in [-0.4, -0.2) is 18.5 Å². The summed E-state index contributed by atoms with van der Waals surface area (Å²) in [5.74, 6) is 2.01. The van der Waals surface area contributed by atoms with Crippen molar-refractivity contribution in [3.63, 3.8) is 0 Å². The Kier molecular flexibility index (Phi) is 4.03. The first-order chi connectivity index (χ1) is 11.1. The van der Waals surface area contributed by atoms with E-state index in [1.165, 1.54) is 0 Å². The van der Waals surface area contributed by atoms with E-state index in [0.717, 1.165) is 31.7 Å². The number of thioether (sulfide) groups is 1. The molecule has 1 saturated heterocycles. The highest BCUT2D eigenvalue weighted by Gasteiger charge is 2.36. The zero-order valence-corrected chi connectivity index (χ0v) is 15.8. The minimum Gasteiger partial charge on any atom is -0.454 e.